The van der Waals surface area contributed by atoms with Crippen molar-refractivity contribution < 1.29 is 9.53 Å². The van der Waals surface area contributed by atoms with Gasteiger partial charge < -0.3 is 15.0 Å². The molecule has 1 N–H and O–H groups in total. The van der Waals surface area contributed by atoms with Crippen molar-refractivity contribution in [1.82, 2.24) is 10.2 Å². The van der Waals surface area contributed by atoms with E-state index < -0.39 is 0 Å². The molecule has 1 fully saturated rings. The molecule has 8 heteroatoms. The van der Waals surface area contributed by atoms with Crippen molar-refractivity contribution in [2.75, 3.05) is 14.2 Å². The summed E-state index contributed by atoms with van der Waals surface area (Å²) in [5, 5.41) is 14.0. The molecule has 1 saturated carbocycles. The summed E-state index contributed by atoms with van der Waals surface area (Å²) in [7, 11) is 3.66. The molecule has 202 valence electrons. The minimum Gasteiger partial charge on any atom is -0.496 e. The van der Waals surface area contributed by atoms with Crippen LogP contribution < -0.4 is 10.1 Å². The SMILES string of the molecule is CNC1CCC(N(Cc2ccc(OC)c(-c3ccc(C#N)cc3)c2)C(=O)c2sc3ccccc3c2Cl)CC1.Cl. The van der Waals surface area contributed by atoms with E-state index in [-0.39, 0.29) is 24.4 Å². The number of ether oxygens (including phenoxy) is 1. The summed E-state index contributed by atoms with van der Waals surface area (Å²) in [6, 6.07) is 24.2. The van der Waals surface area contributed by atoms with Crippen LogP contribution in [0.25, 0.3) is 21.2 Å². The van der Waals surface area contributed by atoms with Gasteiger partial charge in [0.05, 0.1) is 23.8 Å². The van der Waals surface area contributed by atoms with Crippen LogP contribution in [0, 0.1) is 11.3 Å². The third kappa shape index (κ3) is 6.08. The largest absolute Gasteiger partial charge is 0.496 e. The van der Waals surface area contributed by atoms with Gasteiger partial charge in [0.1, 0.15) is 10.6 Å². The zero-order valence-corrected chi connectivity index (χ0v) is 24.3. The minimum absolute atomic E-state index is 0. The Labute approximate surface area is 244 Å². The Bertz CT molecular complexity index is 1490. The molecule has 1 amide bonds. The summed E-state index contributed by atoms with van der Waals surface area (Å²) < 4.78 is 6.68. The fourth-order valence-corrected chi connectivity index (χ4v) is 6.79. The molecule has 1 heterocycles. The zero-order chi connectivity index (χ0) is 26.6. The molecule has 39 heavy (non-hydrogen) atoms. The number of carbonyl (C=O) groups is 1. The van der Waals surface area contributed by atoms with Gasteiger partial charge in [-0.3, -0.25) is 4.79 Å². The zero-order valence-electron chi connectivity index (χ0n) is 21.9. The van der Waals surface area contributed by atoms with E-state index in [1.807, 2.05) is 60.5 Å². The first-order valence-electron chi connectivity index (χ1n) is 12.8. The lowest BCUT2D eigenvalue weighted by Gasteiger charge is -2.37. The molecule has 1 aliphatic rings. The van der Waals surface area contributed by atoms with Crippen molar-refractivity contribution in [2.24, 2.45) is 0 Å². The molecule has 0 spiro atoms. The van der Waals surface area contributed by atoms with Gasteiger partial charge in [-0.2, -0.15) is 5.26 Å². The Morgan fingerprint density at radius 2 is 1.82 bits per heavy atom. The number of hydrogen-bond donors (Lipinski definition) is 1. The summed E-state index contributed by atoms with van der Waals surface area (Å²) in [5.41, 5.74) is 3.52. The van der Waals surface area contributed by atoms with Gasteiger partial charge in [0.2, 0.25) is 0 Å². The number of hydrogen-bond acceptors (Lipinski definition) is 5. The third-order valence-electron chi connectivity index (χ3n) is 7.48. The number of nitriles is 1. The quantitative estimate of drug-likeness (QED) is 0.243. The normalized spacial score (nSPS) is 16.8. The molecule has 1 aliphatic carbocycles. The summed E-state index contributed by atoms with van der Waals surface area (Å²) in [6.07, 6.45) is 3.95. The molecule has 0 radical (unpaired) electrons. The molecular weight excluding hydrogens is 549 g/mol. The van der Waals surface area contributed by atoms with Crippen LogP contribution in [0.2, 0.25) is 5.02 Å². The Kier molecular flexibility index (Phi) is 9.53. The average molecular weight is 581 g/mol. The number of thiophene rings is 1. The Hall–Kier alpha value is -3.08. The monoisotopic (exact) mass is 579 g/mol. The minimum atomic E-state index is -0.0140. The first kappa shape index (κ1) is 28.9. The topological polar surface area (TPSA) is 65.4 Å². The van der Waals surface area contributed by atoms with Gasteiger partial charge in [-0.15, -0.1) is 23.7 Å². The van der Waals surface area contributed by atoms with Crippen molar-refractivity contribution in [2.45, 2.75) is 44.3 Å². The molecule has 3 aromatic carbocycles. The van der Waals surface area contributed by atoms with Gasteiger partial charge in [0.25, 0.3) is 5.91 Å². The van der Waals surface area contributed by atoms with E-state index >= 15 is 0 Å². The number of nitrogens with zero attached hydrogens (tertiary/aromatic N) is 2. The maximum atomic E-state index is 14.1. The van der Waals surface area contributed by atoms with Crippen LogP contribution in [0.4, 0.5) is 0 Å². The second-order valence-corrected chi connectivity index (χ2v) is 11.1. The first-order chi connectivity index (χ1) is 18.5. The maximum Gasteiger partial charge on any atom is 0.266 e. The highest BCUT2D eigenvalue weighted by Gasteiger charge is 2.31. The average Bonchev–Trinajstić information content (AvgIpc) is 3.32. The Morgan fingerprint density at radius 1 is 1.10 bits per heavy atom. The van der Waals surface area contributed by atoms with Crippen molar-refractivity contribution in [3.05, 3.63) is 87.8 Å². The molecule has 1 aromatic heterocycles. The standard InChI is InChI=1S/C31H30ClN3O2S.ClH/c1-34-23-12-14-24(15-13-23)35(31(36)30-29(32)25-5-3-4-6-28(25)38-30)19-21-9-16-27(37-2)26(17-21)22-10-7-20(18-33)8-11-22;/h3-11,16-17,23-24,34H,12-15,19H2,1-2H3;1H. The van der Waals surface area contributed by atoms with E-state index in [1.54, 1.807) is 19.2 Å². The highest BCUT2D eigenvalue weighted by molar-refractivity contribution is 7.21. The van der Waals surface area contributed by atoms with Gasteiger partial charge in [-0.25, -0.2) is 0 Å². The summed E-state index contributed by atoms with van der Waals surface area (Å²) in [4.78, 5) is 16.7. The Balaban J connectivity index is 0.00000353. The van der Waals surface area contributed by atoms with Crippen LogP contribution in [0.3, 0.4) is 0 Å². The van der Waals surface area contributed by atoms with E-state index in [0.717, 1.165) is 58.2 Å². The van der Waals surface area contributed by atoms with Gasteiger partial charge in [-0.1, -0.05) is 48.0 Å². The molecule has 0 saturated heterocycles. The molecule has 0 atom stereocenters. The van der Waals surface area contributed by atoms with E-state index in [4.69, 9.17) is 16.3 Å². The lowest BCUT2D eigenvalue weighted by Crippen LogP contribution is -2.44. The number of rotatable bonds is 7. The molecule has 4 aromatic rings. The van der Waals surface area contributed by atoms with Crippen molar-refractivity contribution in [3.63, 3.8) is 0 Å². The molecule has 0 unspecified atom stereocenters. The number of halogens is 2. The highest BCUT2D eigenvalue weighted by atomic mass is 35.5. The van der Waals surface area contributed by atoms with Crippen LogP contribution in [-0.2, 0) is 6.54 Å². The van der Waals surface area contributed by atoms with Crippen LogP contribution >= 0.6 is 35.3 Å². The maximum absolute atomic E-state index is 14.1. The molecule has 5 rings (SSSR count). The molecule has 0 aliphatic heterocycles. The molecular formula is C31H31Cl2N3O2S. The van der Waals surface area contributed by atoms with Crippen LogP contribution in [-0.4, -0.2) is 37.0 Å². The van der Waals surface area contributed by atoms with Gasteiger partial charge in [-0.05, 0) is 74.2 Å². The van der Waals surface area contributed by atoms with Gasteiger partial charge in [0.15, 0.2) is 0 Å². The number of nitrogens with one attached hydrogen (secondary N) is 1. The fraction of sp³-hybridized carbons (Fsp3) is 0.290. The van der Waals surface area contributed by atoms with E-state index in [1.165, 1.54) is 11.3 Å². The van der Waals surface area contributed by atoms with Gasteiger partial charge in [0, 0.05) is 34.3 Å². The van der Waals surface area contributed by atoms with Crippen molar-refractivity contribution >= 4 is 51.3 Å². The number of benzene rings is 3. The number of methoxy groups -OCH3 is 1. The molecule has 5 nitrogen and oxygen atoms in total. The van der Waals surface area contributed by atoms with Gasteiger partial charge >= 0.3 is 0 Å². The molecule has 0 bridgehead atoms. The predicted octanol–water partition coefficient (Wildman–Crippen LogP) is 7.70. The number of amides is 1. The second kappa shape index (κ2) is 12.8. The second-order valence-electron chi connectivity index (χ2n) is 9.69. The van der Waals surface area contributed by atoms with Crippen LogP contribution in [0.1, 0.15) is 46.5 Å². The van der Waals surface area contributed by atoms with Crippen LogP contribution in [0.15, 0.2) is 66.7 Å². The summed E-state index contributed by atoms with van der Waals surface area (Å²) in [6.45, 7) is 0.478. The Morgan fingerprint density at radius 3 is 2.46 bits per heavy atom. The predicted molar refractivity (Wildman–Crippen MR) is 162 cm³/mol. The summed E-state index contributed by atoms with van der Waals surface area (Å²) >= 11 is 8.23. The third-order valence-corrected chi connectivity index (χ3v) is 9.14. The lowest BCUT2D eigenvalue weighted by molar-refractivity contribution is 0.0606. The smallest absolute Gasteiger partial charge is 0.266 e. The van der Waals surface area contributed by atoms with Crippen molar-refractivity contribution in [3.8, 4) is 22.9 Å². The first-order valence-corrected chi connectivity index (χ1v) is 14.0. The highest BCUT2D eigenvalue weighted by Crippen LogP contribution is 2.38. The van der Waals surface area contributed by atoms with Crippen molar-refractivity contribution in [1.29, 1.82) is 5.26 Å². The van der Waals surface area contributed by atoms with E-state index in [9.17, 15) is 10.1 Å². The van der Waals surface area contributed by atoms with E-state index in [2.05, 4.69) is 17.5 Å². The number of fused-ring (bicyclic) bond motifs is 1. The summed E-state index contributed by atoms with van der Waals surface area (Å²) in [5.74, 6) is 0.735. The van der Waals surface area contributed by atoms with Crippen LogP contribution in [0.5, 0.6) is 5.75 Å². The van der Waals surface area contributed by atoms with E-state index in [0.29, 0.717) is 28.0 Å². The number of carbonyl (C=O) groups excluding carboxylic acids is 1. The fourth-order valence-electron chi connectivity index (χ4n) is 5.33. The lowest BCUT2D eigenvalue weighted by atomic mass is 9.89.